The van der Waals surface area contributed by atoms with Gasteiger partial charge in [-0.15, -0.1) is 0 Å². The van der Waals surface area contributed by atoms with E-state index in [9.17, 15) is 9.90 Å². The molecule has 0 radical (unpaired) electrons. The molecule has 1 atom stereocenters. The maximum absolute atomic E-state index is 11.4. The fraction of sp³-hybridized carbons (Fsp3) is 0.500. The number of ether oxygens (including phenoxy) is 1. The first-order valence-corrected chi connectivity index (χ1v) is 7.74. The Morgan fingerprint density at radius 1 is 1.27 bits per heavy atom. The zero-order chi connectivity index (χ0) is 16.2. The normalized spacial score (nSPS) is 16.5. The third-order valence-electron chi connectivity index (χ3n) is 3.51. The van der Waals surface area contributed by atoms with Crippen LogP contribution in [-0.4, -0.2) is 35.7 Å². The van der Waals surface area contributed by atoms with Crippen LogP contribution in [0.15, 0.2) is 30.3 Å². The van der Waals surface area contributed by atoms with Crippen LogP contribution in [0.3, 0.4) is 0 Å². The summed E-state index contributed by atoms with van der Waals surface area (Å²) in [6.07, 6.45) is 2.45. The van der Waals surface area contributed by atoms with Gasteiger partial charge >= 0.3 is 0 Å². The number of rotatable bonds is 6. The summed E-state index contributed by atoms with van der Waals surface area (Å²) in [5.74, 6) is 0.887. The first-order chi connectivity index (χ1) is 10.3. The Morgan fingerprint density at radius 3 is 2.64 bits per heavy atom. The molecule has 0 heterocycles. The van der Waals surface area contributed by atoms with Crippen molar-refractivity contribution in [2.24, 2.45) is 0 Å². The second-order valence-electron chi connectivity index (χ2n) is 6.73. The van der Waals surface area contributed by atoms with Gasteiger partial charge in [-0.05, 0) is 44.9 Å². The summed E-state index contributed by atoms with van der Waals surface area (Å²) in [4.78, 5) is 11.4. The number of hydrogen-bond donors (Lipinski definition) is 2. The SMILES string of the molecule is CC(C)(C)NCC(O)COc1ccccc1C1=CC(=O)CC1. The van der Waals surface area contributed by atoms with Crippen LogP contribution in [0.1, 0.15) is 39.2 Å². The molecule has 1 aromatic rings. The number of allylic oxidation sites excluding steroid dienone is 2. The summed E-state index contributed by atoms with van der Waals surface area (Å²) in [5.41, 5.74) is 1.93. The summed E-state index contributed by atoms with van der Waals surface area (Å²) >= 11 is 0. The van der Waals surface area contributed by atoms with Gasteiger partial charge in [-0.3, -0.25) is 4.79 Å². The molecule has 1 aliphatic carbocycles. The topological polar surface area (TPSA) is 58.6 Å². The van der Waals surface area contributed by atoms with Gasteiger partial charge < -0.3 is 15.2 Å². The predicted octanol–water partition coefficient (Wildman–Crippen LogP) is 2.56. The highest BCUT2D eigenvalue weighted by Crippen LogP contribution is 2.32. The van der Waals surface area contributed by atoms with Crippen molar-refractivity contribution in [1.29, 1.82) is 0 Å². The van der Waals surface area contributed by atoms with Gasteiger partial charge in [0.15, 0.2) is 5.78 Å². The molecule has 4 heteroatoms. The zero-order valence-electron chi connectivity index (χ0n) is 13.6. The average molecular weight is 303 g/mol. The molecule has 0 aliphatic heterocycles. The molecule has 0 amide bonds. The van der Waals surface area contributed by atoms with Gasteiger partial charge in [0.05, 0.1) is 0 Å². The smallest absolute Gasteiger partial charge is 0.156 e. The number of β-amino-alcohol motifs (C(OH)–C–C–N with tert-alkyl or cyclic N) is 1. The standard InChI is InChI=1S/C18H25NO3/c1-18(2,3)19-11-15(21)12-22-17-7-5-4-6-16(17)13-8-9-14(20)10-13/h4-7,10,15,19,21H,8-9,11-12H2,1-3H3. The van der Waals surface area contributed by atoms with Crippen LogP contribution < -0.4 is 10.1 Å². The van der Waals surface area contributed by atoms with Crippen LogP contribution in [0.4, 0.5) is 0 Å². The maximum Gasteiger partial charge on any atom is 0.156 e. The van der Waals surface area contributed by atoms with Gasteiger partial charge in [0.25, 0.3) is 0 Å². The highest BCUT2D eigenvalue weighted by molar-refractivity contribution is 6.02. The second-order valence-corrected chi connectivity index (χ2v) is 6.73. The lowest BCUT2D eigenvalue weighted by Gasteiger charge is -2.23. The third-order valence-corrected chi connectivity index (χ3v) is 3.51. The second kappa shape index (κ2) is 7.07. The molecular weight excluding hydrogens is 278 g/mol. The van der Waals surface area contributed by atoms with Crippen molar-refractivity contribution in [3.63, 3.8) is 0 Å². The van der Waals surface area contributed by atoms with E-state index in [1.807, 2.05) is 24.3 Å². The maximum atomic E-state index is 11.4. The van der Waals surface area contributed by atoms with Crippen molar-refractivity contribution >= 4 is 11.4 Å². The number of benzene rings is 1. The van der Waals surface area contributed by atoms with Crippen LogP contribution in [0.5, 0.6) is 5.75 Å². The first kappa shape index (κ1) is 16.7. The van der Waals surface area contributed by atoms with Gasteiger partial charge in [-0.25, -0.2) is 0 Å². The van der Waals surface area contributed by atoms with Gasteiger partial charge in [0.2, 0.25) is 0 Å². The van der Waals surface area contributed by atoms with Crippen LogP contribution in [-0.2, 0) is 4.79 Å². The van der Waals surface area contributed by atoms with E-state index in [2.05, 4.69) is 26.1 Å². The van der Waals surface area contributed by atoms with E-state index in [1.54, 1.807) is 6.08 Å². The summed E-state index contributed by atoms with van der Waals surface area (Å²) in [6, 6.07) is 7.67. The number of ketones is 1. The molecule has 0 aromatic heterocycles. The number of carbonyl (C=O) groups excluding carboxylic acids is 1. The van der Waals surface area contributed by atoms with Gasteiger partial charge in [0, 0.05) is 24.1 Å². The molecule has 0 saturated heterocycles. The molecule has 0 saturated carbocycles. The summed E-state index contributed by atoms with van der Waals surface area (Å²) in [6.45, 7) is 6.87. The molecule has 2 N–H and O–H groups in total. The van der Waals surface area contributed by atoms with E-state index in [0.29, 0.717) is 13.0 Å². The molecule has 22 heavy (non-hydrogen) atoms. The zero-order valence-corrected chi connectivity index (χ0v) is 13.6. The van der Waals surface area contributed by atoms with Crippen LogP contribution in [0.2, 0.25) is 0 Å². The lowest BCUT2D eigenvalue weighted by molar-refractivity contribution is -0.114. The average Bonchev–Trinajstić information content (AvgIpc) is 2.89. The van der Waals surface area contributed by atoms with E-state index in [1.165, 1.54) is 0 Å². The highest BCUT2D eigenvalue weighted by Gasteiger charge is 2.18. The first-order valence-electron chi connectivity index (χ1n) is 7.74. The largest absolute Gasteiger partial charge is 0.490 e. The number of nitrogens with one attached hydrogen (secondary N) is 1. The number of carbonyl (C=O) groups is 1. The third kappa shape index (κ3) is 4.97. The molecule has 2 rings (SSSR count). The molecule has 0 bridgehead atoms. The monoisotopic (exact) mass is 303 g/mol. The van der Waals surface area contributed by atoms with E-state index < -0.39 is 6.10 Å². The van der Waals surface area contributed by atoms with E-state index in [4.69, 9.17) is 4.74 Å². The number of aliphatic hydroxyl groups is 1. The number of para-hydroxylation sites is 1. The summed E-state index contributed by atoms with van der Waals surface area (Å²) < 4.78 is 5.77. The van der Waals surface area contributed by atoms with Crippen LogP contribution in [0.25, 0.3) is 5.57 Å². The Morgan fingerprint density at radius 2 is 2.00 bits per heavy atom. The Hall–Kier alpha value is -1.65. The van der Waals surface area contributed by atoms with Crippen molar-refractivity contribution in [2.45, 2.75) is 45.3 Å². The number of aliphatic hydroxyl groups excluding tert-OH is 1. The molecule has 4 nitrogen and oxygen atoms in total. The summed E-state index contributed by atoms with van der Waals surface area (Å²) in [7, 11) is 0. The Labute approximate surface area is 132 Å². The van der Waals surface area contributed by atoms with Gasteiger partial charge in [-0.1, -0.05) is 18.2 Å². The van der Waals surface area contributed by atoms with Crippen molar-refractivity contribution in [3.05, 3.63) is 35.9 Å². The Kier molecular flexibility index (Phi) is 5.37. The molecule has 1 aromatic carbocycles. The van der Waals surface area contributed by atoms with Gasteiger partial charge in [-0.2, -0.15) is 0 Å². The van der Waals surface area contributed by atoms with Gasteiger partial charge in [0.1, 0.15) is 18.5 Å². The fourth-order valence-electron chi connectivity index (χ4n) is 2.34. The van der Waals surface area contributed by atoms with Crippen LogP contribution >= 0.6 is 0 Å². The molecule has 1 unspecified atom stereocenters. The minimum Gasteiger partial charge on any atom is -0.490 e. The molecule has 0 spiro atoms. The Bertz CT molecular complexity index is 558. The fourth-order valence-corrected chi connectivity index (χ4v) is 2.34. The van der Waals surface area contributed by atoms with E-state index in [-0.39, 0.29) is 17.9 Å². The minimum atomic E-state index is -0.577. The van der Waals surface area contributed by atoms with Crippen molar-refractivity contribution < 1.29 is 14.6 Å². The quantitative estimate of drug-likeness (QED) is 0.848. The van der Waals surface area contributed by atoms with Crippen molar-refractivity contribution in [2.75, 3.05) is 13.2 Å². The van der Waals surface area contributed by atoms with Crippen LogP contribution in [0, 0.1) is 0 Å². The van der Waals surface area contributed by atoms with E-state index >= 15 is 0 Å². The van der Waals surface area contributed by atoms with Crippen molar-refractivity contribution in [1.82, 2.24) is 5.32 Å². The number of hydrogen-bond acceptors (Lipinski definition) is 4. The highest BCUT2D eigenvalue weighted by atomic mass is 16.5. The predicted molar refractivity (Wildman–Crippen MR) is 87.9 cm³/mol. The molecular formula is C18H25NO3. The minimum absolute atomic E-state index is 0.0338. The molecule has 0 fully saturated rings. The molecule has 1 aliphatic rings. The lowest BCUT2D eigenvalue weighted by atomic mass is 10.0. The van der Waals surface area contributed by atoms with Crippen molar-refractivity contribution in [3.8, 4) is 5.75 Å². The van der Waals surface area contributed by atoms with E-state index in [0.717, 1.165) is 23.3 Å². The Balaban J connectivity index is 1.96. The lowest BCUT2D eigenvalue weighted by Crippen LogP contribution is -2.42. The molecule has 120 valence electrons. The summed E-state index contributed by atoms with van der Waals surface area (Å²) in [5, 5.41) is 13.3.